The lowest BCUT2D eigenvalue weighted by Crippen LogP contribution is -2.34. The van der Waals surface area contributed by atoms with E-state index >= 15 is 0 Å². The Kier molecular flexibility index (Phi) is 2.29. The second-order valence-corrected chi connectivity index (χ2v) is 5.10. The maximum atomic E-state index is 12.0. The van der Waals surface area contributed by atoms with Crippen LogP contribution in [0.15, 0.2) is 18.7 Å². The van der Waals surface area contributed by atoms with E-state index in [0.717, 1.165) is 19.5 Å². The third-order valence-corrected chi connectivity index (χ3v) is 2.94. The third-order valence-electron chi connectivity index (χ3n) is 2.94. The number of imidazole rings is 1. The molecule has 1 aromatic rings. The van der Waals surface area contributed by atoms with E-state index in [1.807, 2.05) is 22.7 Å². The number of likely N-dealkylation sites (tertiary alicyclic amines) is 1. The standard InChI is InChI=1S/C11H18N3O/c1-11(2)4-5-13(8-11)10(15)14-7-6-12(3)9-14/h6-7,9H,4-5,8H2,1-3H3/q+1. The van der Waals surface area contributed by atoms with E-state index in [1.165, 1.54) is 0 Å². The van der Waals surface area contributed by atoms with Gasteiger partial charge in [-0.2, -0.15) is 4.57 Å². The smallest absolute Gasteiger partial charge is 0.304 e. The molecule has 0 unspecified atom stereocenters. The van der Waals surface area contributed by atoms with E-state index in [2.05, 4.69) is 13.8 Å². The first-order valence-electron chi connectivity index (χ1n) is 5.30. The Hall–Kier alpha value is -1.32. The van der Waals surface area contributed by atoms with Crippen molar-refractivity contribution in [3.8, 4) is 0 Å². The Morgan fingerprint density at radius 1 is 1.47 bits per heavy atom. The van der Waals surface area contributed by atoms with Gasteiger partial charge in [-0.1, -0.05) is 13.8 Å². The molecule has 0 aliphatic carbocycles. The molecule has 0 bridgehead atoms. The van der Waals surface area contributed by atoms with Crippen molar-refractivity contribution in [1.82, 2.24) is 9.47 Å². The number of aromatic nitrogens is 2. The molecular formula is C11H18N3O+. The van der Waals surface area contributed by atoms with Crippen molar-refractivity contribution in [2.45, 2.75) is 20.3 Å². The van der Waals surface area contributed by atoms with Crippen molar-refractivity contribution in [3.63, 3.8) is 0 Å². The zero-order chi connectivity index (χ0) is 11.1. The van der Waals surface area contributed by atoms with Gasteiger partial charge in [0.2, 0.25) is 0 Å². The van der Waals surface area contributed by atoms with Crippen LogP contribution in [0.4, 0.5) is 4.79 Å². The van der Waals surface area contributed by atoms with Gasteiger partial charge in [0.15, 0.2) is 0 Å². The van der Waals surface area contributed by atoms with E-state index in [-0.39, 0.29) is 11.4 Å². The lowest BCUT2D eigenvalue weighted by atomic mass is 9.93. The minimum absolute atomic E-state index is 0.0844. The highest BCUT2D eigenvalue weighted by molar-refractivity contribution is 5.76. The zero-order valence-electron chi connectivity index (χ0n) is 9.60. The minimum atomic E-state index is 0.0844. The number of hydrogen-bond acceptors (Lipinski definition) is 1. The fourth-order valence-electron chi connectivity index (χ4n) is 2.00. The van der Waals surface area contributed by atoms with Gasteiger partial charge in [0.25, 0.3) is 6.33 Å². The van der Waals surface area contributed by atoms with Crippen LogP contribution in [-0.4, -0.2) is 28.6 Å². The summed E-state index contributed by atoms with van der Waals surface area (Å²) in [5, 5.41) is 0. The van der Waals surface area contributed by atoms with E-state index in [0.29, 0.717) is 0 Å². The predicted molar refractivity (Wildman–Crippen MR) is 56.4 cm³/mol. The number of aryl methyl sites for hydroxylation is 1. The van der Waals surface area contributed by atoms with E-state index in [1.54, 1.807) is 17.1 Å². The molecule has 1 saturated heterocycles. The number of rotatable bonds is 0. The van der Waals surface area contributed by atoms with Crippen molar-refractivity contribution in [1.29, 1.82) is 0 Å². The third kappa shape index (κ3) is 2.03. The number of carbonyl (C=O) groups excluding carboxylic acids is 1. The second kappa shape index (κ2) is 3.36. The molecule has 0 spiro atoms. The molecular weight excluding hydrogens is 190 g/mol. The van der Waals surface area contributed by atoms with Crippen LogP contribution in [-0.2, 0) is 7.05 Å². The lowest BCUT2D eigenvalue weighted by Gasteiger charge is -2.17. The maximum absolute atomic E-state index is 12.0. The molecule has 1 aliphatic rings. The van der Waals surface area contributed by atoms with Crippen LogP contribution in [0.25, 0.3) is 0 Å². The first-order chi connectivity index (χ1) is 6.98. The molecule has 1 fully saturated rings. The Morgan fingerprint density at radius 3 is 2.67 bits per heavy atom. The van der Waals surface area contributed by atoms with Crippen LogP contribution in [0.1, 0.15) is 20.3 Å². The monoisotopic (exact) mass is 208 g/mol. The molecule has 0 saturated carbocycles. The molecule has 4 nitrogen and oxygen atoms in total. The summed E-state index contributed by atoms with van der Waals surface area (Å²) in [5.41, 5.74) is 0.269. The van der Waals surface area contributed by atoms with E-state index in [9.17, 15) is 4.79 Å². The number of amides is 1. The van der Waals surface area contributed by atoms with Crippen LogP contribution >= 0.6 is 0 Å². The first-order valence-corrected chi connectivity index (χ1v) is 5.30. The lowest BCUT2D eigenvalue weighted by molar-refractivity contribution is -0.670. The van der Waals surface area contributed by atoms with Gasteiger partial charge in [0.1, 0.15) is 12.4 Å². The molecule has 0 aromatic carbocycles. The minimum Gasteiger partial charge on any atom is -0.304 e. The Labute approximate surface area is 90.1 Å². The van der Waals surface area contributed by atoms with Crippen LogP contribution < -0.4 is 4.57 Å². The van der Waals surface area contributed by atoms with Crippen LogP contribution in [0.3, 0.4) is 0 Å². The van der Waals surface area contributed by atoms with Gasteiger partial charge >= 0.3 is 6.03 Å². The number of carbonyl (C=O) groups is 1. The van der Waals surface area contributed by atoms with Crippen molar-refractivity contribution >= 4 is 6.03 Å². The molecule has 2 heterocycles. The van der Waals surface area contributed by atoms with Crippen molar-refractivity contribution in [3.05, 3.63) is 18.7 Å². The summed E-state index contributed by atoms with van der Waals surface area (Å²) < 4.78 is 3.51. The van der Waals surface area contributed by atoms with Crippen LogP contribution in [0.5, 0.6) is 0 Å². The molecule has 15 heavy (non-hydrogen) atoms. The fourth-order valence-corrected chi connectivity index (χ4v) is 2.00. The van der Waals surface area contributed by atoms with Gasteiger partial charge in [0.05, 0.1) is 7.05 Å². The van der Waals surface area contributed by atoms with Gasteiger partial charge < -0.3 is 4.90 Å². The molecule has 0 radical (unpaired) electrons. The average molecular weight is 208 g/mol. The topological polar surface area (TPSA) is 29.1 Å². The molecule has 2 rings (SSSR count). The number of nitrogens with zero attached hydrogens (tertiary/aromatic N) is 3. The highest BCUT2D eigenvalue weighted by atomic mass is 16.2. The fraction of sp³-hybridized carbons (Fsp3) is 0.636. The summed E-state index contributed by atoms with van der Waals surface area (Å²) in [6.07, 6.45) is 6.56. The predicted octanol–water partition coefficient (Wildman–Crippen LogP) is 1.01. The molecule has 0 N–H and O–H groups in total. The van der Waals surface area contributed by atoms with Crippen molar-refractivity contribution in [2.24, 2.45) is 12.5 Å². The average Bonchev–Trinajstić information content (AvgIpc) is 2.71. The summed E-state index contributed by atoms with van der Waals surface area (Å²) in [6.45, 7) is 6.13. The van der Waals surface area contributed by atoms with Crippen molar-refractivity contribution in [2.75, 3.05) is 13.1 Å². The molecule has 1 aromatic heterocycles. The van der Waals surface area contributed by atoms with Gasteiger partial charge in [-0.3, -0.25) is 0 Å². The quantitative estimate of drug-likeness (QED) is 0.585. The molecule has 1 aliphatic heterocycles. The first kappa shape index (κ1) is 10.2. The Morgan fingerprint density at radius 2 is 2.20 bits per heavy atom. The Bertz CT molecular complexity index is 381. The van der Waals surface area contributed by atoms with Gasteiger partial charge in [-0.15, -0.1) is 0 Å². The molecule has 0 atom stereocenters. The van der Waals surface area contributed by atoms with Gasteiger partial charge in [0, 0.05) is 13.1 Å². The SMILES string of the molecule is C[n+]1ccn(C(=O)N2CCC(C)(C)C2)c1. The van der Waals surface area contributed by atoms with Gasteiger partial charge in [-0.05, 0) is 11.8 Å². The molecule has 82 valence electrons. The van der Waals surface area contributed by atoms with Crippen LogP contribution in [0.2, 0.25) is 0 Å². The van der Waals surface area contributed by atoms with E-state index in [4.69, 9.17) is 0 Å². The van der Waals surface area contributed by atoms with E-state index < -0.39 is 0 Å². The highest BCUT2D eigenvalue weighted by Gasteiger charge is 2.34. The summed E-state index contributed by atoms with van der Waals surface area (Å²) in [5.74, 6) is 0. The second-order valence-electron chi connectivity index (χ2n) is 5.10. The normalized spacial score (nSPS) is 19.5. The summed E-state index contributed by atoms with van der Waals surface area (Å²) in [7, 11) is 1.91. The largest absolute Gasteiger partial charge is 0.415 e. The number of hydrogen-bond donors (Lipinski definition) is 0. The Balaban J connectivity index is 2.10. The van der Waals surface area contributed by atoms with Crippen molar-refractivity contribution < 1.29 is 9.36 Å². The summed E-state index contributed by atoms with van der Waals surface area (Å²) in [4.78, 5) is 13.9. The van der Waals surface area contributed by atoms with Gasteiger partial charge in [-0.25, -0.2) is 9.36 Å². The van der Waals surface area contributed by atoms with Crippen LogP contribution in [0, 0.1) is 5.41 Å². The zero-order valence-corrected chi connectivity index (χ0v) is 9.60. The molecule has 1 amide bonds. The summed E-state index contributed by atoms with van der Waals surface area (Å²) in [6, 6.07) is 0.0844. The maximum Gasteiger partial charge on any atom is 0.415 e. The molecule has 4 heteroatoms. The summed E-state index contributed by atoms with van der Waals surface area (Å²) >= 11 is 0. The highest BCUT2D eigenvalue weighted by Crippen LogP contribution is 2.28.